The molecule has 2 aromatic rings. The van der Waals surface area contributed by atoms with E-state index < -0.39 is 0 Å². The molecule has 0 saturated carbocycles. The second kappa shape index (κ2) is 8.27. The summed E-state index contributed by atoms with van der Waals surface area (Å²) in [7, 11) is 0. The lowest BCUT2D eigenvalue weighted by molar-refractivity contribution is -0.896. The quantitative estimate of drug-likeness (QED) is 0.837. The number of thiophene rings is 1. The van der Waals surface area contributed by atoms with E-state index in [1.54, 1.807) is 11.3 Å². The van der Waals surface area contributed by atoms with Crippen LogP contribution < -0.4 is 10.2 Å². The minimum Gasteiger partial charge on any atom is -0.344 e. The normalized spacial score (nSPS) is 16.4. The molecule has 1 aromatic heterocycles. The van der Waals surface area contributed by atoms with Gasteiger partial charge in [0.15, 0.2) is 6.54 Å². The van der Waals surface area contributed by atoms with Crippen LogP contribution in [0.2, 0.25) is 0 Å². The second-order valence-electron chi connectivity index (χ2n) is 6.39. The molecule has 0 radical (unpaired) electrons. The zero-order valence-corrected chi connectivity index (χ0v) is 15.2. The summed E-state index contributed by atoms with van der Waals surface area (Å²) in [6.45, 7) is 5.46. The predicted molar refractivity (Wildman–Crippen MR) is 98.8 cm³/mol. The topological polar surface area (TPSA) is 53.9 Å². The van der Waals surface area contributed by atoms with E-state index in [0.717, 1.165) is 18.7 Å². The number of amides is 2. The summed E-state index contributed by atoms with van der Waals surface area (Å²) in [5, 5.41) is 5.08. The van der Waals surface area contributed by atoms with Gasteiger partial charge in [-0.25, -0.2) is 0 Å². The largest absolute Gasteiger partial charge is 0.344 e. The number of quaternary nitrogens is 1. The highest BCUT2D eigenvalue weighted by Gasteiger charge is 2.26. The molecule has 6 heteroatoms. The molecule has 5 nitrogen and oxygen atoms in total. The Morgan fingerprint density at radius 1 is 1.16 bits per heavy atom. The minimum atomic E-state index is 0.0489. The van der Waals surface area contributed by atoms with Gasteiger partial charge in [0.25, 0.3) is 11.8 Å². The first-order valence-electron chi connectivity index (χ1n) is 8.64. The fourth-order valence-corrected chi connectivity index (χ4v) is 3.83. The van der Waals surface area contributed by atoms with Gasteiger partial charge in [-0.15, -0.1) is 11.3 Å². The van der Waals surface area contributed by atoms with Crippen LogP contribution >= 0.6 is 11.3 Å². The van der Waals surface area contributed by atoms with Crippen LogP contribution in [0.5, 0.6) is 0 Å². The van der Waals surface area contributed by atoms with Crippen molar-refractivity contribution in [1.82, 2.24) is 10.2 Å². The van der Waals surface area contributed by atoms with Crippen molar-refractivity contribution in [3.8, 4) is 0 Å². The summed E-state index contributed by atoms with van der Waals surface area (Å²) in [6, 6.07) is 13.5. The van der Waals surface area contributed by atoms with Gasteiger partial charge in [-0.1, -0.05) is 24.3 Å². The summed E-state index contributed by atoms with van der Waals surface area (Å²) in [6.07, 6.45) is 0. The third-order valence-corrected chi connectivity index (χ3v) is 5.59. The Morgan fingerprint density at radius 2 is 1.88 bits per heavy atom. The van der Waals surface area contributed by atoms with Crippen molar-refractivity contribution in [1.29, 1.82) is 0 Å². The maximum Gasteiger partial charge on any atom is 0.275 e. The molecule has 1 saturated heterocycles. The number of hydrogen-bond acceptors (Lipinski definition) is 3. The molecule has 1 atom stereocenters. The van der Waals surface area contributed by atoms with Crippen molar-refractivity contribution in [3.63, 3.8) is 0 Å². The third-order valence-electron chi connectivity index (χ3n) is 4.54. The first-order chi connectivity index (χ1) is 12.1. The van der Waals surface area contributed by atoms with Gasteiger partial charge in [-0.05, 0) is 30.5 Å². The van der Waals surface area contributed by atoms with Crippen LogP contribution in [0.15, 0.2) is 47.8 Å². The number of benzene rings is 1. The van der Waals surface area contributed by atoms with Gasteiger partial charge in [0.05, 0.1) is 32.2 Å². The maximum absolute atomic E-state index is 12.4. The van der Waals surface area contributed by atoms with Crippen LogP contribution in [-0.4, -0.2) is 49.4 Å². The number of hydrogen-bond donors (Lipinski definition) is 2. The molecular formula is C19H24N3O2S+. The Hall–Kier alpha value is -2.18. The zero-order valence-electron chi connectivity index (χ0n) is 14.4. The molecule has 0 aliphatic carbocycles. The fraction of sp³-hybridized carbons (Fsp3) is 0.368. The number of rotatable bonds is 5. The average Bonchev–Trinajstić information content (AvgIpc) is 3.17. The van der Waals surface area contributed by atoms with E-state index >= 15 is 0 Å². The molecule has 3 rings (SSSR count). The number of carbonyl (C=O) groups excluding carboxylic acids is 2. The van der Waals surface area contributed by atoms with Crippen molar-refractivity contribution >= 4 is 23.2 Å². The monoisotopic (exact) mass is 358 g/mol. The van der Waals surface area contributed by atoms with Gasteiger partial charge in [0.2, 0.25) is 0 Å². The highest BCUT2D eigenvalue weighted by Crippen LogP contribution is 2.17. The summed E-state index contributed by atoms with van der Waals surface area (Å²) in [4.78, 5) is 29.0. The average molecular weight is 358 g/mol. The van der Waals surface area contributed by atoms with E-state index in [1.165, 1.54) is 9.78 Å². The summed E-state index contributed by atoms with van der Waals surface area (Å²) in [5.41, 5.74) is 0.730. The first-order valence-corrected chi connectivity index (χ1v) is 9.52. The van der Waals surface area contributed by atoms with Crippen LogP contribution in [0.3, 0.4) is 0 Å². The second-order valence-corrected chi connectivity index (χ2v) is 7.37. The Bertz CT molecular complexity index is 695. The molecule has 132 valence electrons. The van der Waals surface area contributed by atoms with Gasteiger partial charge in [0, 0.05) is 10.4 Å². The standard InChI is InChI=1S/C19H23N3O2S/c1-15(17-8-5-13-25-17)20-18(23)14-21-9-11-22(12-10-21)19(24)16-6-3-2-4-7-16/h2-8,13,15H,9-12,14H2,1H3,(H,20,23)/p+1/t15-/m1/s1. The van der Waals surface area contributed by atoms with E-state index in [2.05, 4.69) is 5.32 Å². The van der Waals surface area contributed by atoms with E-state index in [1.807, 2.05) is 59.7 Å². The number of carbonyl (C=O) groups is 2. The number of nitrogens with zero attached hydrogens (tertiary/aromatic N) is 1. The third kappa shape index (κ3) is 4.67. The van der Waals surface area contributed by atoms with E-state index in [4.69, 9.17) is 0 Å². The van der Waals surface area contributed by atoms with Crippen LogP contribution in [0.1, 0.15) is 28.2 Å². The van der Waals surface area contributed by atoms with Crippen molar-refractivity contribution < 1.29 is 14.5 Å². The predicted octanol–water partition coefficient (Wildman–Crippen LogP) is 0.966. The van der Waals surface area contributed by atoms with Crippen LogP contribution in [0, 0.1) is 0 Å². The van der Waals surface area contributed by atoms with Crippen LogP contribution in [-0.2, 0) is 4.79 Å². The summed E-state index contributed by atoms with van der Waals surface area (Å²) >= 11 is 1.65. The lowest BCUT2D eigenvalue weighted by Gasteiger charge is -2.32. The van der Waals surface area contributed by atoms with Crippen molar-refractivity contribution in [2.24, 2.45) is 0 Å². The number of nitrogens with one attached hydrogen (secondary N) is 2. The smallest absolute Gasteiger partial charge is 0.275 e. The Balaban J connectivity index is 1.44. The Kier molecular flexibility index (Phi) is 5.83. The molecule has 0 spiro atoms. The summed E-state index contributed by atoms with van der Waals surface area (Å²) < 4.78 is 0. The van der Waals surface area contributed by atoms with Crippen LogP contribution in [0.25, 0.3) is 0 Å². The molecule has 2 heterocycles. The molecule has 0 unspecified atom stereocenters. The van der Waals surface area contributed by atoms with Crippen molar-refractivity contribution in [3.05, 3.63) is 58.3 Å². The zero-order chi connectivity index (χ0) is 17.6. The van der Waals surface area contributed by atoms with Crippen molar-refractivity contribution in [2.45, 2.75) is 13.0 Å². The van der Waals surface area contributed by atoms with Gasteiger partial charge < -0.3 is 15.1 Å². The SMILES string of the molecule is C[C@@H](NC(=O)C[NH+]1CCN(C(=O)c2ccccc2)CC1)c1cccs1. The van der Waals surface area contributed by atoms with Gasteiger partial charge in [-0.3, -0.25) is 9.59 Å². The van der Waals surface area contributed by atoms with E-state index in [9.17, 15) is 9.59 Å². The summed E-state index contributed by atoms with van der Waals surface area (Å²) in [5.74, 6) is 0.147. The Labute approximate surface area is 152 Å². The molecule has 2 amide bonds. The van der Waals surface area contributed by atoms with Crippen LogP contribution in [0.4, 0.5) is 0 Å². The molecule has 1 aliphatic heterocycles. The van der Waals surface area contributed by atoms with Crippen molar-refractivity contribution in [2.75, 3.05) is 32.7 Å². The lowest BCUT2D eigenvalue weighted by Crippen LogP contribution is -3.15. The highest BCUT2D eigenvalue weighted by molar-refractivity contribution is 7.10. The number of piperazine rings is 1. The molecule has 2 N–H and O–H groups in total. The molecular weight excluding hydrogens is 334 g/mol. The highest BCUT2D eigenvalue weighted by atomic mass is 32.1. The first kappa shape index (κ1) is 17.6. The molecule has 1 aliphatic rings. The molecule has 0 bridgehead atoms. The lowest BCUT2D eigenvalue weighted by atomic mass is 10.2. The van der Waals surface area contributed by atoms with E-state index in [0.29, 0.717) is 19.6 Å². The Morgan fingerprint density at radius 3 is 2.52 bits per heavy atom. The van der Waals surface area contributed by atoms with E-state index in [-0.39, 0.29) is 17.9 Å². The fourth-order valence-electron chi connectivity index (χ4n) is 3.09. The molecule has 25 heavy (non-hydrogen) atoms. The van der Waals surface area contributed by atoms with Gasteiger partial charge in [-0.2, -0.15) is 0 Å². The van der Waals surface area contributed by atoms with Gasteiger partial charge in [0.1, 0.15) is 0 Å². The maximum atomic E-state index is 12.4. The van der Waals surface area contributed by atoms with Gasteiger partial charge >= 0.3 is 0 Å². The molecule has 1 fully saturated rings. The minimum absolute atomic E-state index is 0.0489. The molecule has 1 aromatic carbocycles.